The second-order valence-electron chi connectivity index (χ2n) is 5.99. The highest BCUT2D eigenvalue weighted by Gasteiger charge is 2.17. The molecule has 2 heterocycles. The molecule has 0 atom stereocenters. The lowest BCUT2D eigenvalue weighted by Gasteiger charge is -2.20. The monoisotopic (exact) mass is 345 g/mol. The van der Waals surface area contributed by atoms with Crippen molar-refractivity contribution in [2.75, 3.05) is 13.1 Å². The van der Waals surface area contributed by atoms with Crippen molar-refractivity contribution < 1.29 is 4.79 Å². The number of rotatable bonds is 3. The Labute approximate surface area is 145 Å². The summed E-state index contributed by atoms with van der Waals surface area (Å²) in [7, 11) is 0. The van der Waals surface area contributed by atoms with Crippen LogP contribution < -0.4 is 5.56 Å². The van der Waals surface area contributed by atoms with Gasteiger partial charge in [-0.1, -0.05) is 42.6 Å². The zero-order valence-corrected chi connectivity index (χ0v) is 14.2. The molecule has 0 spiro atoms. The van der Waals surface area contributed by atoms with Crippen LogP contribution in [0.1, 0.15) is 25.7 Å². The fourth-order valence-electron chi connectivity index (χ4n) is 2.92. The summed E-state index contributed by atoms with van der Waals surface area (Å²) in [4.78, 5) is 26.4. The summed E-state index contributed by atoms with van der Waals surface area (Å²) in [6, 6.07) is 10.4. The first-order chi connectivity index (χ1) is 11.6. The summed E-state index contributed by atoms with van der Waals surface area (Å²) in [5.41, 5.74) is 1.05. The van der Waals surface area contributed by atoms with Crippen LogP contribution in [0.2, 0.25) is 5.02 Å². The van der Waals surface area contributed by atoms with Gasteiger partial charge in [0.1, 0.15) is 6.54 Å². The van der Waals surface area contributed by atoms with Gasteiger partial charge in [-0.15, -0.1) is 0 Å². The van der Waals surface area contributed by atoms with Crippen molar-refractivity contribution in [3.63, 3.8) is 0 Å². The number of hydrogen-bond donors (Lipinski definition) is 0. The topological polar surface area (TPSA) is 55.2 Å². The molecule has 1 fully saturated rings. The van der Waals surface area contributed by atoms with E-state index in [1.165, 1.54) is 10.7 Å². The van der Waals surface area contributed by atoms with Crippen molar-refractivity contribution in [3.8, 4) is 11.3 Å². The molecule has 1 amide bonds. The zero-order valence-electron chi connectivity index (χ0n) is 13.4. The van der Waals surface area contributed by atoms with Gasteiger partial charge in [0.2, 0.25) is 5.91 Å². The summed E-state index contributed by atoms with van der Waals surface area (Å²) in [6.45, 7) is 1.49. The Hall–Kier alpha value is -2.14. The molecular formula is C18H20ClN3O2. The third-order valence-corrected chi connectivity index (χ3v) is 4.59. The molecule has 0 N–H and O–H groups in total. The van der Waals surface area contributed by atoms with Gasteiger partial charge < -0.3 is 4.90 Å². The van der Waals surface area contributed by atoms with Gasteiger partial charge in [0, 0.05) is 24.7 Å². The predicted molar refractivity (Wildman–Crippen MR) is 94.0 cm³/mol. The molecule has 6 heteroatoms. The average Bonchev–Trinajstić information content (AvgIpc) is 2.87. The molecule has 0 radical (unpaired) electrons. The molecule has 0 bridgehead atoms. The summed E-state index contributed by atoms with van der Waals surface area (Å²) < 4.78 is 1.23. The first-order valence-electron chi connectivity index (χ1n) is 8.26. The van der Waals surface area contributed by atoms with Gasteiger partial charge in [-0.25, -0.2) is 4.68 Å². The molecule has 0 unspecified atom stereocenters. The summed E-state index contributed by atoms with van der Waals surface area (Å²) >= 11 is 6.19. The van der Waals surface area contributed by atoms with Crippen LogP contribution >= 0.6 is 11.6 Å². The minimum absolute atomic E-state index is 0.0306. The Morgan fingerprint density at radius 1 is 1.04 bits per heavy atom. The maximum absolute atomic E-state index is 12.5. The Kier molecular flexibility index (Phi) is 5.30. The highest BCUT2D eigenvalue weighted by molar-refractivity contribution is 6.33. The maximum Gasteiger partial charge on any atom is 0.267 e. The lowest BCUT2D eigenvalue weighted by molar-refractivity contribution is -0.132. The van der Waals surface area contributed by atoms with Gasteiger partial charge >= 0.3 is 0 Å². The van der Waals surface area contributed by atoms with Crippen LogP contribution in [0.4, 0.5) is 0 Å². The van der Waals surface area contributed by atoms with E-state index < -0.39 is 0 Å². The third-order valence-electron chi connectivity index (χ3n) is 4.26. The van der Waals surface area contributed by atoms with Crippen molar-refractivity contribution in [1.82, 2.24) is 14.7 Å². The molecule has 126 valence electrons. The molecule has 24 heavy (non-hydrogen) atoms. The largest absolute Gasteiger partial charge is 0.341 e. The number of likely N-dealkylation sites (tertiary alicyclic amines) is 1. The smallest absolute Gasteiger partial charge is 0.267 e. The van der Waals surface area contributed by atoms with E-state index in [4.69, 9.17) is 11.6 Å². The molecule has 0 saturated carbocycles. The van der Waals surface area contributed by atoms with E-state index in [9.17, 15) is 9.59 Å². The van der Waals surface area contributed by atoms with Crippen LogP contribution in [0.3, 0.4) is 0 Å². The van der Waals surface area contributed by atoms with Gasteiger partial charge in [0.05, 0.1) is 10.7 Å². The van der Waals surface area contributed by atoms with Gasteiger partial charge in [0.15, 0.2) is 0 Å². The second-order valence-corrected chi connectivity index (χ2v) is 6.40. The van der Waals surface area contributed by atoms with E-state index in [0.717, 1.165) is 44.3 Å². The Balaban J connectivity index is 1.83. The maximum atomic E-state index is 12.5. The van der Waals surface area contributed by atoms with Crippen molar-refractivity contribution in [1.29, 1.82) is 0 Å². The molecule has 2 aromatic rings. The number of aromatic nitrogens is 2. The van der Waals surface area contributed by atoms with E-state index in [-0.39, 0.29) is 18.0 Å². The lowest BCUT2D eigenvalue weighted by Crippen LogP contribution is -2.37. The van der Waals surface area contributed by atoms with E-state index >= 15 is 0 Å². The molecule has 1 saturated heterocycles. The molecule has 1 aliphatic rings. The van der Waals surface area contributed by atoms with Crippen LogP contribution in [-0.4, -0.2) is 33.7 Å². The minimum atomic E-state index is -0.283. The number of amides is 1. The SMILES string of the molecule is O=C(Cn1nc(-c2ccccc2Cl)ccc1=O)N1CCCCCC1. The summed E-state index contributed by atoms with van der Waals surface area (Å²) in [5.74, 6) is -0.0530. The number of carbonyl (C=O) groups is 1. The average molecular weight is 346 g/mol. The number of nitrogens with zero attached hydrogens (tertiary/aromatic N) is 3. The predicted octanol–water partition coefficient (Wildman–Crippen LogP) is 2.97. The number of benzene rings is 1. The zero-order chi connectivity index (χ0) is 16.9. The van der Waals surface area contributed by atoms with Crippen LogP contribution in [-0.2, 0) is 11.3 Å². The van der Waals surface area contributed by atoms with Crippen molar-refractivity contribution in [3.05, 3.63) is 51.8 Å². The highest BCUT2D eigenvalue weighted by atomic mass is 35.5. The molecule has 1 aromatic carbocycles. The number of halogens is 1. The molecule has 3 rings (SSSR count). The molecule has 1 aromatic heterocycles. The van der Waals surface area contributed by atoms with Crippen molar-refractivity contribution in [2.24, 2.45) is 0 Å². The van der Waals surface area contributed by atoms with E-state index in [0.29, 0.717) is 10.7 Å². The fraction of sp³-hybridized carbons (Fsp3) is 0.389. The van der Waals surface area contributed by atoms with Crippen LogP contribution in [0.25, 0.3) is 11.3 Å². The van der Waals surface area contributed by atoms with Crippen LogP contribution in [0, 0.1) is 0 Å². The minimum Gasteiger partial charge on any atom is -0.341 e. The van der Waals surface area contributed by atoms with Crippen molar-refractivity contribution >= 4 is 17.5 Å². The standard InChI is InChI=1S/C18H20ClN3O2/c19-15-8-4-3-7-14(15)16-9-10-17(23)22(20-16)13-18(24)21-11-5-1-2-6-12-21/h3-4,7-10H,1-2,5-6,11-13H2. The van der Waals surface area contributed by atoms with Crippen LogP contribution in [0.5, 0.6) is 0 Å². The molecule has 5 nitrogen and oxygen atoms in total. The van der Waals surface area contributed by atoms with Crippen molar-refractivity contribution in [2.45, 2.75) is 32.2 Å². The first-order valence-corrected chi connectivity index (χ1v) is 8.64. The molecule has 0 aliphatic carbocycles. The lowest BCUT2D eigenvalue weighted by atomic mass is 10.1. The Bertz CT molecular complexity index is 780. The first kappa shape index (κ1) is 16.7. The third kappa shape index (κ3) is 3.85. The van der Waals surface area contributed by atoms with E-state index in [1.54, 1.807) is 12.1 Å². The number of hydrogen-bond acceptors (Lipinski definition) is 3. The van der Waals surface area contributed by atoms with Gasteiger partial charge in [-0.3, -0.25) is 9.59 Å². The Morgan fingerprint density at radius 2 is 1.75 bits per heavy atom. The van der Waals surface area contributed by atoms with Gasteiger partial charge in [-0.05, 0) is 25.0 Å². The van der Waals surface area contributed by atoms with E-state index in [1.807, 2.05) is 23.1 Å². The molecular weight excluding hydrogens is 326 g/mol. The number of carbonyl (C=O) groups excluding carboxylic acids is 1. The Morgan fingerprint density at radius 3 is 2.46 bits per heavy atom. The quantitative estimate of drug-likeness (QED) is 0.859. The second kappa shape index (κ2) is 7.62. The fourth-order valence-corrected chi connectivity index (χ4v) is 3.16. The molecule has 1 aliphatic heterocycles. The summed E-state index contributed by atoms with van der Waals surface area (Å²) in [5, 5.41) is 4.90. The van der Waals surface area contributed by atoms with Gasteiger partial charge in [0.25, 0.3) is 5.56 Å². The van der Waals surface area contributed by atoms with Gasteiger partial charge in [-0.2, -0.15) is 5.10 Å². The normalized spacial score (nSPS) is 15.1. The highest BCUT2D eigenvalue weighted by Crippen LogP contribution is 2.24. The summed E-state index contributed by atoms with van der Waals surface area (Å²) in [6.07, 6.45) is 4.36. The van der Waals surface area contributed by atoms with E-state index in [2.05, 4.69) is 5.10 Å². The van der Waals surface area contributed by atoms with Crippen LogP contribution in [0.15, 0.2) is 41.2 Å².